The number of aryl methyl sites for hydroxylation is 2. The van der Waals surface area contributed by atoms with Gasteiger partial charge in [0.25, 0.3) is 0 Å². The van der Waals surface area contributed by atoms with Gasteiger partial charge < -0.3 is 4.74 Å². The quantitative estimate of drug-likeness (QED) is 0.776. The molecule has 2 rings (SSSR count). The second-order valence-corrected chi connectivity index (χ2v) is 6.28. The minimum Gasteiger partial charge on any atom is -0.460 e. The highest BCUT2D eigenvalue weighted by Gasteiger charge is 2.39. The smallest absolute Gasteiger partial charge is 0.303 e. The van der Waals surface area contributed by atoms with Crippen LogP contribution in [0.3, 0.4) is 0 Å². The second-order valence-electron chi connectivity index (χ2n) is 6.28. The summed E-state index contributed by atoms with van der Waals surface area (Å²) in [5.74, 6) is -0.0983. The van der Waals surface area contributed by atoms with Crippen LogP contribution in [0.5, 0.6) is 0 Å². The first-order valence-electron chi connectivity index (χ1n) is 7.04. The van der Waals surface area contributed by atoms with Crippen LogP contribution in [0.15, 0.2) is 12.1 Å². The van der Waals surface area contributed by atoms with Crippen LogP contribution in [-0.2, 0) is 16.0 Å². The largest absolute Gasteiger partial charge is 0.460 e. The van der Waals surface area contributed by atoms with E-state index < -0.39 is 5.60 Å². The van der Waals surface area contributed by atoms with Crippen molar-refractivity contribution in [3.63, 3.8) is 0 Å². The highest BCUT2D eigenvalue weighted by molar-refractivity contribution is 6.00. The van der Waals surface area contributed by atoms with Crippen molar-refractivity contribution in [1.82, 2.24) is 0 Å². The van der Waals surface area contributed by atoms with Crippen LogP contribution < -0.4 is 0 Å². The Kier molecular flexibility index (Phi) is 3.72. The molecule has 1 aromatic rings. The maximum absolute atomic E-state index is 12.5. The maximum Gasteiger partial charge on any atom is 0.303 e. The molecule has 0 saturated carbocycles. The summed E-state index contributed by atoms with van der Waals surface area (Å²) in [5.41, 5.74) is 3.56. The van der Waals surface area contributed by atoms with E-state index in [1.54, 1.807) is 0 Å². The summed E-state index contributed by atoms with van der Waals surface area (Å²) < 4.78 is 5.42. The average Bonchev–Trinajstić information content (AvgIpc) is 2.31. The van der Waals surface area contributed by atoms with E-state index in [4.69, 9.17) is 4.74 Å². The molecular formula is C17H22O3. The van der Waals surface area contributed by atoms with Crippen LogP contribution in [0, 0.1) is 19.8 Å². The number of ketones is 1. The van der Waals surface area contributed by atoms with Gasteiger partial charge in [-0.2, -0.15) is 0 Å². The van der Waals surface area contributed by atoms with Gasteiger partial charge in [0.1, 0.15) is 5.60 Å². The van der Waals surface area contributed by atoms with E-state index in [2.05, 4.69) is 6.07 Å². The van der Waals surface area contributed by atoms with E-state index in [-0.39, 0.29) is 17.7 Å². The average molecular weight is 274 g/mol. The zero-order valence-corrected chi connectivity index (χ0v) is 12.9. The van der Waals surface area contributed by atoms with Gasteiger partial charge in [0.05, 0.1) is 0 Å². The maximum atomic E-state index is 12.5. The molecule has 1 atom stereocenters. The number of ether oxygens (including phenoxy) is 1. The van der Waals surface area contributed by atoms with Gasteiger partial charge in [-0.3, -0.25) is 9.59 Å². The number of fused-ring (bicyclic) bond motifs is 1. The van der Waals surface area contributed by atoms with Gasteiger partial charge >= 0.3 is 5.97 Å². The Morgan fingerprint density at radius 2 is 1.80 bits per heavy atom. The molecule has 0 aromatic heterocycles. The van der Waals surface area contributed by atoms with E-state index in [0.29, 0.717) is 6.42 Å². The third-order valence-corrected chi connectivity index (χ3v) is 4.31. The second kappa shape index (κ2) is 5.04. The molecule has 0 saturated heterocycles. The van der Waals surface area contributed by atoms with Gasteiger partial charge in [-0.25, -0.2) is 0 Å². The minimum absolute atomic E-state index is 0.0342. The summed E-state index contributed by atoms with van der Waals surface area (Å²) >= 11 is 0. The molecule has 1 aliphatic rings. The normalized spacial score (nSPS) is 18.6. The predicted octanol–water partition coefficient (Wildman–Crippen LogP) is 3.39. The first-order valence-corrected chi connectivity index (χ1v) is 7.04. The third-order valence-electron chi connectivity index (χ3n) is 4.31. The molecule has 3 heteroatoms. The Bertz CT molecular complexity index is 570. The summed E-state index contributed by atoms with van der Waals surface area (Å²) in [4.78, 5) is 23.7. The number of rotatable bonds is 2. The molecule has 1 aliphatic carbocycles. The number of carbonyl (C=O) groups excluding carboxylic acids is 2. The van der Waals surface area contributed by atoms with Crippen LogP contribution in [0.4, 0.5) is 0 Å². The summed E-state index contributed by atoms with van der Waals surface area (Å²) in [6.45, 7) is 9.21. The standard InChI is InChI=1S/C17H22O3/c1-10-6-7-11(2)16-14(10)8-13(9-15(16)19)17(4,5)20-12(3)18/h6-7,13H,8-9H2,1-5H3. The lowest BCUT2D eigenvalue weighted by molar-refractivity contribution is -0.159. The topological polar surface area (TPSA) is 43.4 Å². The fourth-order valence-corrected chi connectivity index (χ4v) is 3.11. The van der Waals surface area contributed by atoms with Crippen molar-refractivity contribution in [3.8, 4) is 0 Å². The van der Waals surface area contributed by atoms with Gasteiger partial charge in [-0.15, -0.1) is 0 Å². The van der Waals surface area contributed by atoms with Crippen LogP contribution in [0.25, 0.3) is 0 Å². The van der Waals surface area contributed by atoms with E-state index in [0.717, 1.165) is 28.7 Å². The van der Waals surface area contributed by atoms with E-state index in [1.165, 1.54) is 6.92 Å². The molecule has 0 aliphatic heterocycles. The van der Waals surface area contributed by atoms with E-state index >= 15 is 0 Å². The lowest BCUT2D eigenvalue weighted by Crippen LogP contribution is -2.41. The van der Waals surface area contributed by atoms with Crippen molar-refractivity contribution in [2.45, 2.75) is 53.1 Å². The fourth-order valence-electron chi connectivity index (χ4n) is 3.11. The number of esters is 1. The van der Waals surface area contributed by atoms with E-state index in [9.17, 15) is 9.59 Å². The van der Waals surface area contributed by atoms with Crippen molar-refractivity contribution in [2.75, 3.05) is 0 Å². The highest BCUT2D eigenvalue weighted by atomic mass is 16.6. The molecule has 0 radical (unpaired) electrons. The summed E-state index contributed by atoms with van der Waals surface area (Å²) in [7, 11) is 0. The summed E-state index contributed by atoms with van der Waals surface area (Å²) in [6, 6.07) is 4.06. The van der Waals surface area contributed by atoms with Crippen LogP contribution in [-0.4, -0.2) is 17.4 Å². The zero-order valence-electron chi connectivity index (χ0n) is 12.9. The first-order chi connectivity index (χ1) is 9.22. The first kappa shape index (κ1) is 14.8. The van der Waals surface area contributed by atoms with Crippen LogP contribution in [0.1, 0.15) is 54.2 Å². The number of Topliss-reactive ketones (excluding diaryl/α,β-unsaturated/α-hetero) is 1. The zero-order chi connectivity index (χ0) is 15.1. The van der Waals surface area contributed by atoms with Crippen molar-refractivity contribution in [3.05, 3.63) is 34.4 Å². The van der Waals surface area contributed by atoms with Gasteiger partial charge in [-0.1, -0.05) is 12.1 Å². The summed E-state index contributed by atoms with van der Waals surface area (Å²) in [5, 5.41) is 0. The SMILES string of the molecule is CC(=O)OC(C)(C)C1CC(=O)c2c(C)ccc(C)c2C1. The Balaban J connectivity index is 2.39. The monoisotopic (exact) mass is 274 g/mol. The Morgan fingerprint density at radius 3 is 2.40 bits per heavy atom. The molecule has 3 nitrogen and oxygen atoms in total. The number of hydrogen-bond acceptors (Lipinski definition) is 3. The van der Waals surface area contributed by atoms with Gasteiger partial charge in [0, 0.05) is 24.8 Å². The molecule has 20 heavy (non-hydrogen) atoms. The van der Waals surface area contributed by atoms with E-state index in [1.807, 2.05) is 33.8 Å². The van der Waals surface area contributed by atoms with Gasteiger partial charge in [-0.05, 0) is 50.8 Å². The Hall–Kier alpha value is -1.64. The molecular weight excluding hydrogens is 252 g/mol. The molecule has 108 valence electrons. The highest BCUT2D eigenvalue weighted by Crippen LogP contribution is 2.37. The number of benzene rings is 1. The predicted molar refractivity (Wildman–Crippen MR) is 77.9 cm³/mol. The fraction of sp³-hybridized carbons (Fsp3) is 0.529. The third kappa shape index (κ3) is 2.62. The molecule has 0 bridgehead atoms. The van der Waals surface area contributed by atoms with Crippen LogP contribution in [0.2, 0.25) is 0 Å². The number of carbonyl (C=O) groups is 2. The van der Waals surface area contributed by atoms with Crippen molar-refractivity contribution in [1.29, 1.82) is 0 Å². The molecule has 0 spiro atoms. The van der Waals surface area contributed by atoms with Crippen molar-refractivity contribution in [2.24, 2.45) is 5.92 Å². The Labute approximate surface area is 120 Å². The molecule has 1 unspecified atom stereocenters. The molecule has 0 heterocycles. The van der Waals surface area contributed by atoms with Gasteiger partial charge in [0.2, 0.25) is 0 Å². The molecule has 0 amide bonds. The Morgan fingerprint density at radius 1 is 1.20 bits per heavy atom. The number of hydrogen-bond donors (Lipinski definition) is 0. The lowest BCUT2D eigenvalue weighted by Gasteiger charge is -2.37. The molecule has 1 aromatic carbocycles. The summed E-state index contributed by atoms with van der Waals surface area (Å²) in [6.07, 6.45) is 1.23. The molecule has 0 fully saturated rings. The van der Waals surface area contributed by atoms with Crippen LogP contribution >= 0.6 is 0 Å². The van der Waals surface area contributed by atoms with Crippen molar-refractivity contribution >= 4 is 11.8 Å². The van der Waals surface area contributed by atoms with Gasteiger partial charge in [0.15, 0.2) is 5.78 Å². The van der Waals surface area contributed by atoms with Crippen molar-refractivity contribution < 1.29 is 14.3 Å². The molecule has 0 N–H and O–H groups in total. The lowest BCUT2D eigenvalue weighted by atomic mass is 9.73. The minimum atomic E-state index is -0.616.